The third kappa shape index (κ3) is 5.21. The summed E-state index contributed by atoms with van der Waals surface area (Å²) in [4.78, 5) is 12.0. The number of amides is 1. The summed E-state index contributed by atoms with van der Waals surface area (Å²) in [5.74, 6) is 3.56. The van der Waals surface area contributed by atoms with E-state index in [1.165, 1.54) is 7.11 Å². The summed E-state index contributed by atoms with van der Waals surface area (Å²) >= 11 is 0. The highest BCUT2D eigenvalue weighted by Gasteiger charge is 2.19. The van der Waals surface area contributed by atoms with Crippen LogP contribution in [0.2, 0.25) is 0 Å². The maximum Gasteiger partial charge on any atom is 0.412 e. The second-order valence-corrected chi connectivity index (χ2v) is 5.71. The van der Waals surface area contributed by atoms with Gasteiger partial charge in [-0.15, -0.1) is 12.3 Å². The van der Waals surface area contributed by atoms with Crippen molar-refractivity contribution in [1.82, 2.24) is 0 Å². The zero-order valence-electron chi connectivity index (χ0n) is 13.8. The van der Waals surface area contributed by atoms with E-state index in [4.69, 9.17) is 20.6 Å². The van der Waals surface area contributed by atoms with Gasteiger partial charge in [0.25, 0.3) is 0 Å². The molecule has 1 aromatic rings. The molecule has 0 spiro atoms. The molecule has 0 aliphatic heterocycles. The summed E-state index contributed by atoms with van der Waals surface area (Å²) in [6.07, 6.45) is 6.02. The van der Waals surface area contributed by atoms with E-state index in [0.29, 0.717) is 30.0 Å². The van der Waals surface area contributed by atoms with Crippen molar-refractivity contribution in [2.24, 2.45) is 0 Å². The van der Waals surface area contributed by atoms with Crippen molar-refractivity contribution in [1.29, 1.82) is 0 Å². The molecule has 0 heterocycles. The molecule has 0 unspecified atom stereocenters. The number of hydrogen-bond donors (Lipinski definition) is 1. The standard InChI is InChI=1S/C17H23NO4/c1-7-8-9-12-10-13(15(21-6)14(11-12)20-5)18-16(19)22-17(2,3)4/h1,10-11H,8-9H2,2-6H3,(H,18,19). The summed E-state index contributed by atoms with van der Waals surface area (Å²) in [6.45, 7) is 5.40. The minimum atomic E-state index is -0.581. The van der Waals surface area contributed by atoms with Crippen molar-refractivity contribution in [3.63, 3.8) is 0 Å². The van der Waals surface area contributed by atoms with Gasteiger partial charge in [0.15, 0.2) is 11.5 Å². The van der Waals surface area contributed by atoms with Crippen LogP contribution in [0.5, 0.6) is 11.5 Å². The SMILES string of the molecule is C#CCCc1cc(NC(=O)OC(C)(C)C)c(OC)c(OC)c1. The number of benzene rings is 1. The van der Waals surface area contributed by atoms with E-state index in [9.17, 15) is 4.79 Å². The lowest BCUT2D eigenvalue weighted by Gasteiger charge is -2.21. The number of ether oxygens (including phenoxy) is 3. The summed E-state index contributed by atoms with van der Waals surface area (Å²) in [6, 6.07) is 3.65. The van der Waals surface area contributed by atoms with Crippen molar-refractivity contribution in [3.8, 4) is 23.8 Å². The number of hydrogen-bond acceptors (Lipinski definition) is 4. The highest BCUT2D eigenvalue weighted by Crippen LogP contribution is 2.37. The average molecular weight is 305 g/mol. The zero-order chi connectivity index (χ0) is 16.8. The van der Waals surface area contributed by atoms with E-state index < -0.39 is 11.7 Å². The largest absolute Gasteiger partial charge is 0.493 e. The molecule has 5 nitrogen and oxygen atoms in total. The number of terminal acetylenes is 1. The highest BCUT2D eigenvalue weighted by atomic mass is 16.6. The number of aryl methyl sites for hydroxylation is 1. The first-order valence-corrected chi connectivity index (χ1v) is 6.99. The smallest absolute Gasteiger partial charge is 0.412 e. The van der Waals surface area contributed by atoms with E-state index in [1.807, 2.05) is 12.1 Å². The maximum absolute atomic E-state index is 12.0. The Hall–Kier alpha value is -2.35. The van der Waals surface area contributed by atoms with Crippen LogP contribution in [-0.2, 0) is 11.2 Å². The lowest BCUT2D eigenvalue weighted by Crippen LogP contribution is -2.27. The van der Waals surface area contributed by atoms with E-state index in [2.05, 4.69) is 11.2 Å². The van der Waals surface area contributed by atoms with Gasteiger partial charge < -0.3 is 14.2 Å². The number of nitrogens with one attached hydrogen (secondary N) is 1. The van der Waals surface area contributed by atoms with Crippen LogP contribution in [0.4, 0.5) is 10.5 Å². The van der Waals surface area contributed by atoms with Gasteiger partial charge in [0.2, 0.25) is 0 Å². The molecule has 1 rings (SSSR count). The van der Waals surface area contributed by atoms with Gasteiger partial charge in [0, 0.05) is 6.42 Å². The van der Waals surface area contributed by atoms with Gasteiger partial charge in [-0.3, -0.25) is 5.32 Å². The van der Waals surface area contributed by atoms with Crippen LogP contribution >= 0.6 is 0 Å². The fourth-order valence-corrected chi connectivity index (χ4v) is 1.89. The lowest BCUT2D eigenvalue weighted by atomic mass is 10.1. The summed E-state index contributed by atoms with van der Waals surface area (Å²) < 4.78 is 15.9. The van der Waals surface area contributed by atoms with Crippen molar-refractivity contribution < 1.29 is 19.0 Å². The Kier molecular flexibility index (Phi) is 6.11. The number of carbonyl (C=O) groups is 1. The summed E-state index contributed by atoms with van der Waals surface area (Å²) in [7, 11) is 3.05. The Balaban J connectivity index is 3.09. The third-order valence-corrected chi connectivity index (χ3v) is 2.73. The van der Waals surface area contributed by atoms with Gasteiger partial charge in [-0.25, -0.2) is 4.79 Å². The maximum atomic E-state index is 12.0. The molecule has 120 valence electrons. The van der Waals surface area contributed by atoms with Crippen LogP contribution in [0.15, 0.2) is 12.1 Å². The van der Waals surface area contributed by atoms with Crippen LogP contribution in [0.3, 0.4) is 0 Å². The second kappa shape index (κ2) is 7.60. The molecule has 5 heteroatoms. The zero-order valence-corrected chi connectivity index (χ0v) is 13.8. The summed E-state index contributed by atoms with van der Waals surface area (Å²) in [5.41, 5.74) is 0.854. The quantitative estimate of drug-likeness (QED) is 0.844. The molecule has 1 N–H and O–H groups in total. The molecular formula is C17H23NO4. The Morgan fingerprint density at radius 2 is 1.95 bits per heavy atom. The average Bonchev–Trinajstić information content (AvgIpc) is 2.42. The molecule has 0 fully saturated rings. The van der Waals surface area contributed by atoms with Gasteiger partial charge in [-0.1, -0.05) is 0 Å². The topological polar surface area (TPSA) is 56.8 Å². The highest BCUT2D eigenvalue weighted by molar-refractivity contribution is 5.88. The Labute approximate surface area is 131 Å². The molecule has 1 amide bonds. The Morgan fingerprint density at radius 3 is 2.45 bits per heavy atom. The molecule has 0 bridgehead atoms. The van der Waals surface area contributed by atoms with Crippen LogP contribution < -0.4 is 14.8 Å². The predicted molar refractivity (Wildman–Crippen MR) is 86.6 cm³/mol. The van der Waals surface area contributed by atoms with Gasteiger partial charge in [0.05, 0.1) is 19.9 Å². The molecule has 0 saturated carbocycles. The van der Waals surface area contributed by atoms with Crippen molar-refractivity contribution >= 4 is 11.8 Å². The predicted octanol–water partition coefficient (Wildman–Crippen LogP) is 3.62. The fourth-order valence-electron chi connectivity index (χ4n) is 1.89. The normalized spacial score (nSPS) is 10.5. The minimum Gasteiger partial charge on any atom is -0.493 e. The number of rotatable bonds is 5. The lowest BCUT2D eigenvalue weighted by molar-refractivity contribution is 0.0635. The molecule has 0 aromatic heterocycles. The van der Waals surface area contributed by atoms with E-state index in [-0.39, 0.29) is 0 Å². The molecule has 0 aliphatic carbocycles. The number of methoxy groups -OCH3 is 2. The molecule has 0 aliphatic rings. The number of carbonyl (C=O) groups excluding carboxylic acids is 1. The monoisotopic (exact) mass is 305 g/mol. The van der Waals surface area contributed by atoms with Crippen LogP contribution in [0.1, 0.15) is 32.8 Å². The van der Waals surface area contributed by atoms with E-state index in [0.717, 1.165) is 5.56 Å². The molecule has 1 aromatic carbocycles. The van der Waals surface area contributed by atoms with Crippen molar-refractivity contribution in [2.75, 3.05) is 19.5 Å². The van der Waals surface area contributed by atoms with Gasteiger partial charge in [-0.05, 0) is 44.9 Å². The summed E-state index contributed by atoms with van der Waals surface area (Å²) in [5, 5.41) is 2.69. The first kappa shape index (κ1) is 17.7. The molecule has 0 saturated heterocycles. The molecule has 0 radical (unpaired) electrons. The number of anilines is 1. The molecule has 22 heavy (non-hydrogen) atoms. The fraction of sp³-hybridized carbons (Fsp3) is 0.471. The van der Waals surface area contributed by atoms with Crippen molar-refractivity contribution in [3.05, 3.63) is 17.7 Å². The Bertz CT molecular complexity index is 567. The Morgan fingerprint density at radius 1 is 1.27 bits per heavy atom. The first-order valence-electron chi connectivity index (χ1n) is 6.99. The van der Waals surface area contributed by atoms with Crippen LogP contribution in [0, 0.1) is 12.3 Å². The van der Waals surface area contributed by atoms with Crippen molar-refractivity contribution in [2.45, 2.75) is 39.2 Å². The second-order valence-electron chi connectivity index (χ2n) is 5.71. The van der Waals surface area contributed by atoms with Gasteiger partial charge in [0.1, 0.15) is 5.60 Å². The van der Waals surface area contributed by atoms with E-state index >= 15 is 0 Å². The molecular weight excluding hydrogens is 282 g/mol. The van der Waals surface area contributed by atoms with Gasteiger partial charge in [-0.2, -0.15) is 0 Å². The van der Waals surface area contributed by atoms with E-state index in [1.54, 1.807) is 27.9 Å². The molecule has 0 atom stereocenters. The minimum absolute atomic E-state index is 0.442. The first-order chi connectivity index (χ1) is 10.3. The van der Waals surface area contributed by atoms with Crippen LogP contribution in [0.25, 0.3) is 0 Å². The third-order valence-electron chi connectivity index (χ3n) is 2.73. The van der Waals surface area contributed by atoms with Crippen LogP contribution in [-0.4, -0.2) is 25.9 Å². The van der Waals surface area contributed by atoms with Gasteiger partial charge >= 0.3 is 6.09 Å².